The summed E-state index contributed by atoms with van der Waals surface area (Å²) in [5, 5.41) is 9.24. The van der Waals surface area contributed by atoms with Crippen molar-refractivity contribution in [2.75, 3.05) is 11.9 Å². The maximum atomic E-state index is 9.24. The van der Waals surface area contributed by atoms with Crippen LogP contribution in [0.3, 0.4) is 0 Å². The summed E-state index contributed by atoms with van der Waals surface area (Å²) in [6.45, 7) is 2.07. The minimum absolute atomic E-state index is 0.363. The van der Waals surface area contributed by atoms with Gasteiger partial charge in [-0.1, -0.05) is 12.1 Å². The van der Waals surface area contributed by atoms with Crippen molar-refractivity contribution >= 4 is 5.69 Å². The van der Waals surface area contributed by atoms with Gasteiger partial charge in [-0.2, -0.15) is 5.26 Å². The lowest BCUT2D eigenvalue weighted by atomic mass is 9.90. The van der Waals surface area contributed by atoms with Crippen molar-refractivity contribution in [2.24, 2.45) is 5.73 Å². The SMILES string of the molecule is Cc1cccc(C#N)c1N(C)C1CCC(N)CC1. The van der Waals surface area contributed by atoms with Crippen LogP contribution in [0.4, 0.5) is 5.69 Å². The molecular formula is C15H21N3. The molecule has 1 aliphatic carbocycles. The van der Waals surface area contributed by atoms with E-state index in [1.807, 2.05) is 12.1 Å². The molecule has 0 aromatic heterocycles. The van der Waals surface area contributed by atoms with Gasteiger partial charge in [0.2, 0.25) is 0 Å². The molecule has 0 spiro atoms. The molecule has 0 amide bonds. The average Bonchev–Trinajstić information content (AvgIpc) is 2.38. The second-order valence-corrected chi connectivity index (χ2v) is 5.26. The summed E-state index contributed by atoms with van der Waals surface area (Å²) in [5.74, 6) is 0. The Balaban J connectivity index is 2.23. The van der Waals surface area contributed by atoms with Gasteiger partial charge < -0.3 is 10.6 Å². The average molecular weight is 243 g/mol. The Morgan fingerprint density at radius 1 is 1.28 bits per heavy atom. The Labute approximate surface area is 109 Å². The fraction of sp³-hybridized carbons (Fsp3) is 0.533. The first-order valence-corrected chi connectivity index (χ1v) is 6.61. The van der Waals surface area contributed by atoms with E-state index in [2.05, 4.69) is 31.0 Å². The summed E-state index contributed by atoms with van der Waals surface area (Å²) in [6.07, 6.45) is 4.42. The molecule has 2 N–H and O–H groups in total. The molecule has 0 unspecified atom stereocenters. The predicted octanol–water partition coefficient (Wildman–Crippen LogP) is 2.57. The lowest BCUT2D eigenvalue weighted by Gasteiger charge is -2.36. The fourth-order valence-corrected chi connectivity index (χ4v) is 2.89. The van der Waals surface area contributed by atoms with E-state index in [0.717, 1.165) is 36.9 Å². The Kier molecular flexibility index (Phi) is 3.88. The van der Waals surface area contributed by atoms with Crippen molar-refractivity contribution in [1.82, 2.24) is 0 Å². The van der Waals surface area contributed by atoms with Crippen LogP contribution in [-0.2, 0) is 0 Å². The second kappa shape index (κ2) is 5.41. The van der Waals surface area contributed by atoms with Gasteiger partial charge in [-0.15, -0.1) is 0 Å². The van der Waals surface area contributed by atoms with E-state index in [-0.39, 0.29) is 0 Å². The van der Waals surface area contributed by atoms with Gasteiger partial charge in [0.15, 0.2) is 0 Å². The molecule has 1 aromatic rings. The molecule has 0 radical (unpaired) electrons. The van der Waals surface area contributed by atoms with Gasteiger partial charge in [0, 0.05) is 19.1 Å². The summed E-state index contributed by atoms with van der Waals surface area (Å²) in [4.78, 5) is 2.28. The predicted molar refractivity (Wildman–Crippen MR) is 74.5 cm³/mol. The van der Waals surface area contributed by atoms with Gasteiger partial charge in [0.05, 0.1) is 11.3 Å². The Hall–Kier alpha value is -1.53. The molecule has 1 aliphatic rings. The number of hydrogen-bond acceptors (Lipinski definition) is 3. The molecule has 0 atom stereocenters. The molecule has 0 bridgehead atoms. The number of benzene rings is 1. The van der Waals surface area contributed by atoms with Crippen molar-refractivity contribution in [3.63, 3.8) is 0 Å². The molecule has 1 fully saturated rings. The summed E-state index contributed by atoms with van der Waals surface area (Å²) >= 11 is 0. The molecule has 1 aromatic carbocycles. The van der Waals surface area contributed by atoms with Crippen LogP contribution in [0.15, 0.2) is 18.2 Å². The molecule has 2 rings (SSSR count). The Bertz CT molecular complexity index is 453. The van der Waals surface area contributed by atoms with Gasteiger partial charge in [0.1, 0.15) is 6.07 Å². The lowest BCUT2D eigenvalue weighted by Crippen LogP contribution is -2.39. The fourth-order valence-electron chi connectivity index (χ4n) is 2.89. The van der Waals surface area contributed by atoms with Gasteiger partial charge in [-0.25, -0.2) is 0 Å². The van der Waals surface area contributed by atoms with Crippen LogP contribution < -0.4 is 10.6 Å². The van der Waals surface area contributed by atoms with Crippen LogP contribution in [0.25, 0.3) is 0 Å². The first kappa shape index (κ1) is 12.9. The third-order valence-corrected chi connectivity index (χ3v) is 4.00. The Morgan fingerprint density at radius 2 is 1.94 bits per heavy atom. The second-order valence-electron chi connectivity index (χ2n) is 5.26. The number of nitrogens with two attached hydrogens (primary N) is 1. The van der Waals surface area contributed by atoms with Crippen LogP contribution in [-0.4, -0.2) is 19.1 Å². The third kappa shape index (κ3) is 2.49. The van der Waals surface area contributed by atoms with Crippen LogP contribution >= 0.6 is 0 Å². The van der Waals surface area contributed by atoms with E-state index < -0.39 is 0 Å². The number of anilines is 1. The van der Waals surface area contributed by atoms with E-state index in [1.165, 1.54) is 5.56 Å². The summed E-state index contributed by atoms with van der Waals surface area (Å²) in [7, 11) is 2.10. The molecule has 3 nitrogen and oxygen atoms in total. The van der Waals surface area contributed by atoms with Crippen LogP contribution in [0, 0.1) is 18.3 Å². The highest BCUT2D eigenvalue weighted by molar-refractivity contribution is 5.64. The highest BCUT2D eigenvalue weighted by Crippen LogP contribution is 2.30. The van der Waals surface area contributed by atoms with Gasteiger partial charge in [0.25, 0.3) is 0 Å². The Morgan fingerprint density at radius 3 is 2.56 bits per heavy atom. The zero-order chi connectivity index (χ0) is 13.1. The van der Waals surface area contributed by atoms with E-state index >= 15 is 0 Å². The maximum absolute atomic E-state index is 9.24. The summed E-state index contributed by atoms with van der Waals surface area (Å²) < 4.78 is 0. The van der Waals surface area contributed by atoms with Crippen LogP contribution in [0.5, 0.6) is 0 Å². The number of hydrogen-bond donors (Lipinski definition) is 1. The zero-order valence-electron chi connectivity index (χ0n) is 11.2. The quantitative estimate of drug-likeness (QED) is 0.868. The first-order valence-electron chi connectivity index (χ1n) is 6.61. The van der Waals surface area contributed by atoms with Crippen molar-refractivity contribution in [2.45, 2.75) is 44.7 Å². The van der Waals surface area contributed by atoms with E-state index in [4.69, 9.17) is 5.73 Å². The number of aryl methyl sites for hydroxylation is 1. The van der Waals surface area contributed by atoms with E-state index in [9.17, 15) is 5.26 Å². The third-order valence-electron chi connectivity index (χ3n) is 4.00. The number of nitriles is 1. The smallest absolute Gasteiger partial charge is 0.101 e. The molecular weight excluding hydrogens is 222 g/mol. The largest absolute Gasteiger partial charge is 0.370 e. The van der Waals surface area contributed by atoms with Crippen LogP contribution in [0.2, 0.25) is 0 Å². The van der Waals surface area contributed by atoms with Gasteiger partial charge in [-0.3, -0.25) is 0 Å². The summed E-state index contributed by atoms with van der Waals surface area (Å²) in [5.41, 5.74) is 8.98. The van der Waals surface area contributed by atoms with E-state index in [1.54, 1.807) is 0 Å². The molecule has 0 aliphatic heterocycles. The van der Waals surface area contributed by atoms with Crippen molar-refractivity contribution in [3.8, 4) is 6.07 Å². The normalized spacial score (nSPS) is 23.4. The standard InChI is InChI=1S/C15H21N3/c1-11-4-3-5-12(10-16)15(11)18(2)14-8-6-13(17)7-9-14/h3-5,13-14H,6-9,17H2,1-2H3. The number of para-hydroxylation sites is 1. The highest BCUT2D eigenvalue weighted by Gasteiger charge is 2.24. The van der Waals surface area contributed by atoms with E-state index in [0.29, 0.717) is 12.1 Å². The van der Waals surface area contributed by atoms with Gasteiger partial charge >= 0.3 is 0 Å². The lowest BCUT2D eigenvalue weighted by molar-refractivity contribution is 0.384. The van der Waals surface area contributed by atoms with Crippen molar-refractivity contribution in [3.05, 3.63) is 29.3 Å². The topological polar surface area (TPSA) is 53.0 Å². The minimum atomic E-state index is 0.363. The molecule has 3 heteroatoms. The molecule has 96 valence electrons. The van der Waals surface area contributed by atoms with Crippen molar-refractivity contribution in [1.29, 1.82) is 5.26 Å². The van der Waals surface area contributed by atoms with Crippen LogP contribution in [0.1, 0.15) is 36.8 Å². The van der Waals surface area contributed by atoms with Crippen molar-refractivity contribution < 1.29 is 0 Å². The van der Waals surface area contributed by atoms with Gasteiger partial charge in [-0.05, 0) is 44.2 Å². The first-order chi connectivity index (χ1) is 8.63. The summed E-state index contributed by atoms with van der Waals surface area (Å²) in [6, 6.07) is 9.09. The molecule has 18 heavy (non-hydrogen) atoms. The molecule has 0 saturated heterocycles. The monoisotopic (exact) mass is 243 g/mol. The molecule has 0 heterocycles. The number of nitrogens with zero attached hydrogens (tertiary/aromatic N) is 2. The number of rotatable bonds is 2. The highest BCUT2D eigenvalue weighted by atomic mass is 15.1. The molecule has 1 saturated carbocycles. The minimum Gasteiger partial charge on any atom is -0.370 e. The zero-order valence-corrected chi connectivity index (χ0v) is 11.2. The maximum Gasteiger partial charge on any atom is 0.101 e.